The molecular formula is C15H24KN3O4. The molecule has 1 aromatic rings. The summed E-state index contributed by atoms with van der Waals surface area (Å²) in [6, 6.07) is 7.72. The fourth-order valence-electron chi connectivity index (χ4n) is 1.74. The maximum absolute atomic E-state index is 10.5. The number of rotatable bonds is 12. The van der Waals surface area contributed by atoms with Gasteiger partial charge in [-0.05, 0) is 24.1 Å². The first kappa shape index (κ1) is 23.0. The standard InChI is InChI=1S/C15H24N3O4.K/c16-6-2-4-12-3-1-5-13(9-12)22-11-15(18)21-8-7-20-10-14(17)19;/h1,3,5,9,15-16H,2,4,6-8,10-11,18H2,(H2,17,19);/q-1;+1. The average Bonchev–Trinajstić information content (AvgIpc) is 2.50. The third kappa shape index (κ3) is 12.0. The van der Waals surface area contributed by atoms with Crippen LogP contribution in [0.2, 0.25) is 0 Å². The van der Waals surface area contributed by atoms with Gasteiger partial charge in [0.2, 0.25) is 5.91 Å². The van der Waals surface area contributed by atoms with Crippen LogP contribution >= 0.6 is 0 Å². The molecule has 0 fully saturated rings. The minimum absolute atomic E-state index is 0. The van der Waals surface area contributed by atoms with Crippen molar-refractivity contribution in [2.45, 2.75) is 19.1 Å². The Morgan fingerprint density at radius 1 is 1.30 bits per heavy atom. The Labute approximate surface area is 179 Å². The minimum Gasteiger partial charge on any atom is -0.677 e. The Morgan fingerprint density at radius 2 is 2.09 bits per heavy atom. The van der Waals surface area contributed by atoms with Gasteiger partial charge < -0.3 is 31.4 Å². The number of benzene rings is 1. The van der Waals surface area contributed by atoms with Crippen LogP contribution in [0, 0.1) is 0 Å². The molecule has 0 aliphatic heterocycles. The van der Waals surface area contributed by atoms with E-state index < -0.39 is 12.1 Å². The van der Waals surface area contributed by atoms with E-state index in [1.807, 2.05) is 24.3 Å². The first-order chi connectivity index (χ1) is 10.6. The maximum atomic E-state index is 10.5. The van der Waals surface area contributed by atoms with E-state index in [4.69, 9.17) is 31.4 Å². The number of nitrogens with two attached hydrogens (primary N) is 2. The van der Waals surface area contributed by atoms with E-state index >= 15 is 0 Å². The van der Waals surface area contributed by atoms with Gasteiger partial charge in [-0.15, -0.1) is 0 Å². The van der Waals surface area contributed by atoms with E-state index in [9.17, 15) is 4.79 Å². The Morgan fingerprint density at radius 3 is 2.78 bits per heavy atom. The van der Waals surface area contributed by atoms with Gasteiger partial charge in [0.1, 0.15) is 25.2 Å². The summed E-state index contributed by atoms with van der Waals surface area (Å²) >= 11 is 0. The molecule has 7 nitrogen and oxygen atoms in total. The van der Waals surface area contributed by atoms with Crippen LogP contribution in [0.25, 0.3) is 5.73 Å². The van der Waals surface area contributed by atoms with Gasteiger partial charge in [0.15, 0.2) is 0 Å². The van der Waals surface area contributed by atoms with Crippen molar-refractivity contribution in [1.82, 2.24) is 0 Å². The second-order valence-electron chi connectivity index (χ2n) is 4.74. The summed E-state index contributed by atoms with van der Waals surface area (Å²) in [5.41, 5.74) is 19.0. The molecule has 1 amide bonds. The zero-order valence-electron chi connectivity index (χ0n) is 13.6. The smallest absolute Gasteiger partial charge is 0.677 e. The Hall–Kier alpha value is -0.0336. The molecule has 1 rings (SSSR count). The molecule has 0 aromatic heterocycles. The third-order valence-electron chi connectivity index (χ3n) is 2.76. The Balaban J connectivity index is 0.00000484. The summed E-state index contributed by atoms with van der Waals surface area (Å²) in [6.45, 7) is 1.03. The van der Waals surface area contributed by atoms with Crippen LogP contribution in [0.5, 0.6) is 5.75 Å². The molecule has 0 spiro atoms. The van der Waals surface area contributed by atoms with E-state index in [-0.39, 0.29) is 77.8 Å². The minimum atomic E-state index is -0.575. The number of hydrogen-bond acceptors (Lipinski definition) is 5. The molecule has 1 unspecified atom stereocenters. The molecule has 0 saturated heterocycles. The van der Waals surface area contributed by atoms with E-state index in [2.05, 4.69) is 0 Å². The van der Waals surface area contributed by atoms with Gasteiger partial charge >= 0.3 is 51.4 Å². The quantitative estimate of drug-likeness (QED) is 0.253. The topological polar surface area (TPSA) is 121 Å². The number of carbonyl (C=O) groups excluding carboxylic acids is 1. The molecule has 1 aromatic carbocycles. The number of hydrogen-bond donors (Lipinski definition) is 2. The fourth-order valence-corrected chi connectivity index (χ4v) is 1.74. The number of nitrogens with one attached hydrogen (secondary N) is 1. The van der Waals surface area contributed by atoms with Gasteiger partial charge in [-0.25, -0.2) is 0 Å². The van der Waals surface area contributed by atoms with Crippen molar-refractivity contribution in [1.29, 1.82) is 0 Å². The van der Waals surface area contributed by atoms with E-state index in [1.165, 1.54) is 0 Å². The summed E-state index contributed by atoms with van der Waals surface area (Å²) in [5.74, 6) is 0.212. The molecule has 0 aliphatic carbocycles. The van der Waals surface area contributed by atoms with Gasteiger partial charge in [-0.2, -0.15) is 6.54 Å². The second kappa shape index (κ2) is 14.3. The number of primary amides is 1. The summed E-state index contributed by atoms with van der Waals surface area (Å²) in [4.78, 5) is 10.5. The van der Waals surface area contributed by atoms with Crippen molar-refractivity contribution in [2.24, 2.45) is 11.5 Å². The molecule has 0 bridgehead atoms. The summed E-state index contributed by atoms with van der Waals surface area (Å²) in [7, 11) is 0. The zero-order valence-corrected chi connectivity index (χ0v) is 16.7. The van der Waals surface area contributed by atoms with E-state index in [0.29, 0.717) is 6.54 Å². The van der Waals surface area contributed by atoms with Gasteiger partial charge in [-0.3, -0.25) is 4.79 Å². The predicted molar refractivity (Wildman–Crippen MR) is 83.4 cm³/mol. The zero-order chi connectivity index (χ0) is 16.2. The van der Waals surface area contributed by atoms with Crippen LogP contribution in [0.15, 0.2) is 24.3 Å². The van der Waals surface area contributed by atoms with Crippen LogP contribution in [-0.2, 0) is 20.7 Å². The van der Waals surface area contributed by atoms with Crippen LogP contribution in [0.1, 0.15) is 12.0 Å². The molecular weight excluding hydrogens is 325 g/mol. The van der Waals surface area contributed by atoms with Crippen molar-refractivity contribution in [3.8, 4) is 5.75 Å². The molecule has 124 valence electrons. The van der Waals surface area contributed by atoms with Crippen molar-refractivity contribution in [3.63, 3.8) is 0 Å². The molecule has 1 atom stereocenters. The Bertz CT molecular complexity index is 448. The summed E-state index contributed by atoms with van der Waals surface area (Å²) in [6.07, 6.45) is 1.12. The molecule has 23 heavy (non-hydrogen) atoms. The summed E-state index contributed by atoms with van der Waals surface area (Å²) < 4.78 is 15.8. The number of ether oxygens (including phenoxy) is 3. The van der Waals surface area contributed by atoms with Gasteiger partial charge in [0, 0.05) is 0 Å². The fraction of sp³-hybridized carbons (Fsp3) is 0.533. The van der Waals surface area contributed by atoms with Crippen LogP contribution in [0.4, 0.5) is 0 Å². The number of carbonyl (C=O) groups is 1. The largest absolute Gasteiger partial charge is 1.00 e. The average molecular weight is 349 g/mol. The second-order valence-corrected chi connectivity index (χ2v) is 4.74. The van der Waals surface area contributed by atoms with Crippen LogP contribution in [-0.4, -0.2) is 45.1 Å². The molecule has 0 aliphatic rings. The van der Waals surface area contributed by atoms with Crippen LogP contribution < -0.4 is 67.6 Å². The number of amides is 1. The predicted octanol–water partition coefficient (Wildman–Crippen LogP) is -2.14. The first-order valence-corrected chi connectivity index (χ1v) is 7.21. The van der Waals surface area contributed by atoms with Crippen molar-refractivity contribution < 1.29 is 70.4 Å². The molecule has 5 N–H and O–H groups in total. The first-order valence-electron chi connectivity index (χ1n) is 7.21. The SMILES string of the molecule is [K+].[NH-]CCCc1cccc(OCC(N)OCCOCC(N)=O)c1. The molecule has 0 heterocycles. The van der Waals surface area contributed by atoms with Crippen molar-refractivity contribution in [3.05, 3.63) is 35.6 Å². The monoisotopic (exact) mass is 349 g/mol. The molecule has 8 heteroatoms. The number of aryl methyl sites for hydroxylation is 1. The third-order valence-corrected chi connectivity index (χ3v) is 2.76. The van der Waals surface area contributed by atoms with E-state index in [1.54, 1.807) is 0 Å². The van der Waals surface area contributed by atoms with E-state index in [0.717, 1.165) is 24.2 Å². The van der Waals surface area contributed by atoms with Crippen LogP contribution in [0.3, 0.4) is 0 Å². The van der Waals surface area contributed by atoms with Crippen molar-refractivity contribution >= 4 is 5.91 Å². The van der Waals surface area contributed by atoms with Crippen molar-refractivity contribution in [2.75, 3.05) is 33.0 Å². The summed E-state index contributed by atoms with van der Waals surface area (Å²) in [5, 5.41) is 0. The normalized spacial score (nSPS) is 11.6. The maximum Gasteiger partial charge on any atom is 1.00 e. The van der Waals surface area contributed by atoms with Gasteiger partial charge in [-0.1, -0.05) is 18.6 Å². The molecule has 0 radical (unpaired) electrons. The Kier molecular flexibility index (Phi) is 14.3. The van der Waals surface area contributed by atoms with Gasteiger partial charge in [0.25, 0.3) is 0 Å². The van der Waals surface area contributed by atoms with Gasteiger partial charge in [0.05, 0.1) is 13.2 Å². The molecule has 0 saturated carbocycles.